The van der Waals surface area contributed by atoms with Gasteiger partial charge < -0.3 is 0 Å². The van der Waals surface area contributed by atoms with Crippen LogP contribution < -0.4 is 31.9 Å². The van der Waals surface area contributed by atoms with Gasteiger partial charge in [-0.15, -0.1) is 0 Å². The molecule has 0 aromatic carbocycles. The average molecular weight is 260 g/mol. The Kier molecular flexibility index (Phi) is 13.0. The second kappa shape index (κ2) is 13.2. The Morgan fingerprint density at radius 3 is 1.33 bits per heavy atom. The fourth-order valence-electron chi connectivity index (χ4n) is 1.68. The van der Waals surface area contributed by atoms with E-state index in [0.29, 0.717) is 0 Å². The minimum atomic E-state index is 0.193. The SMILES string of the molecule is CCNC(NCCNC(NCC)[NH+]CC)[NH+]CC. The van der Waals surface area contributed by atoms with Gasteiger partial charge in [0.2, 0.25) is 12.6 Å². The Morgan fingerprint density at radius 1 is 0.667 bits per heavy atom. The van der Waals surface area contributed by atoms with Crippen LogP contribution in [0, 0.1) is 0 Å². The average Bonchev–Trinajstić information content (AvgIpc) is 2.35. The van der Waals surface area contributed by atoms with E-state index in [0.717, 1.165) is 39.3 Å². The van der Waals surface area contributed by atoms with Gasteiger partial charge in [0.05, 0.1) is 0 Å². The van der Waals surface area contributed by atoms with Crippen LogP contribution in [0.15, 0.2) is 0 Å². The number of hydrogen-bond donors (Lipinski definition) is 6. The van der Waals surface area contributed by atoms with E-state index in [4.69, 9.17) is 0 Å². The molecule has 6 nitrogen and oxygen atoms in total. The third kappa shape index (κ3) is 9.76. The first-order valence-corrected chi connectivity index (χ1v) is 7.18. The van der Waals surface area contributed by atoms with Crippen LogP contribution in [0.5, 0.6) is 0 Å². The van der Waals surface area contributed by atoms with Crippen LogP contribution in [0.2, 0.25) is 0 Å². The quantitative estimate of drug-likeness (QED) is 0.155. The maximum atomic E-state index is 3.42. The molecule has 0 rings (SSSR count). The van der Waals surface area contributed by atoms with Crippen LogP contribution in [0.25, 0.3) is 0 Å². The Labute approximate surface area is 112 Å². The predicted molar refractivity (Wildman–Crippen MR) is 73.9 cm³/mol. The standard InChI is InChI=1S/C12H32N6/c1-5-13-11(14-6-2)17-9-10-18-12(15-7-3)16-8-4/h11-18H,5-10H2,1-4H3/q+2. The predicted octanol–water partition coefficient (Wildman–Crippen LogP) is -3.31. The molecule has 0 atom stereocenters. The van der Waals surface area contributed by atoms with Crippen molar-refractivity contribution in [2.24, 2.45) is 0 Å². The summed E-state index contributed by atoms with van der Waals surface area (Å²) in [7, 11) is 0. The van der Waals surface area contributed by atoms with E-state index in [1.165, 1.54) is 0 Å². The van der Waals surface area contributed by atoms with Gasteiger partial charge in [-0.25, -0.2) is 10.6 Å². The second-order valence-corrected chi connectivity index (χ2v) is 4.00. The van der Waals surface area contributed by atoms with E-state index in [1.54, 1.807) is 0 Å². The molecule has 0 aliphatic heterocycles. The molecule has 0 aromatic heterocycles. The fourth-order valence-corrected chi connectivity index (χ4v) is 1.68. The van der Waals surface area contributed by atoms with Gasteiger partial charge in [-0.3, -0.25) is 10.6 Å². The summed E-state index contributed by atoms with van der Waals surface area (Å²) in [6.45, 7) is 14.1. The summed E-state index contributed by atoms with van der Waals surface area (Å²) in [5, 5.41) is 20.2. The van der Waals surface area contributed by atoms with E-state index in [9.17, 15) is 0 Å². The Bertz CT molecular complexity index is 137. The summed E-state index contributed by atoms with van der Waals surface area (Å²) in [6.07, 6.45) is 0.386. The molecule has 0 heterocycles. The smallest absolute Gasteiger partial charge is 0.242 e. The molecule has 0 fully saturated rings. The molecule has 108 valence electrons. The third-order valence-electron chi connectivity index (χ3n) is 2.45. The zero-order valence-corrected chi connectivity index (χ0v) is 12.4. The fraction of sp³-hybridized carbons (Fsp3) is 1.00. The molecule has 0 saturated heterocycles. The summed E-state index contributed by atoms with van der Waals surface area (Å²) in [6, 6.07) is 0. The van der Waals surface area contributed by atoms with E-state index >= 15 is 0 Å². The lowest BCUT2D eigenvalue weighted by Gasteiger charge is -2.16. The summed E-state index contributed by atoms with van der Waals surface area (Å²) >= 11 is 0. The first-order chi connectivity index (χ1) is 8.78. The zero-order valence-electron chi connectivity index (χ0n) is 12.4. The normalized spacial score (nSPS) is 14.7. The maximum absolute atomic E-state index is 3.42. The van der Waals surface area contributed by atoms with Crippen molar-refractivity contribution in [1.82, 2.24) is 21.3 Å². The van der Waals surface area contributed by atoms with Crippen molar-refractivity contribution < 1.29 is 10.6 Å². The molecule has 18 heavy (non-hydrogen) atoms. The van der Waals surface area contributed by atoms with E-state index in [1.807, 2.05) is 0 Å². The molecule has 6 N–H and O–H groups in total. The van der Waals surface area contributed by atoms with Gasteiger partial charge in [0.1, 0.15) is 13.1 Å². The Balaban J connectivity index is 3.66. The lowest BCUT2D eigenvalue weighted by atomic mass is 10.5. The van der Waals surface area contributed by atoms with Gasteiger partial charge >= 0.3 is 0 Å². The van der Waals surface area contributed by atoms with Crippen LogP contribution in [0.3, 0.4) is 0 Å². The first-order valence-electron chi connectivity index (χ1n) is 7.18. The lowest BCUT2D eigenvalue weighted by Crippen LogP contribution is -2.97. The molecule has 0 spiro atoms. The van der Waals surface area contributed by atoms with Crippen molar-refractivity contribution in [1.29, 1.82) is 0 Å². The van der Waals surface area contributed by atoms with Crippen LogP contribution in [-0.4, -0.2) is 51.8 Å². The van der Waals surface area contributed by atoms with E-state index in [-0.39, 0.29) is 12.6 Å². The molecular formula is C12H32N6+2. The van der Waals surface area contributed by atoms with Crippen LogP contribution >= 0.6 is 0 Å². The van der Waals surface area contributed by atoms with Crippen molar-refractivity contribution in [2.75, 3.05) is 39.3 Å². The molecule has 0 bridgehead atoms. The highest BCUT2D eigenvalue weighted by atomic mass is 15.3. The van der Waals surface area contributed by atoms with Crippen molar-refractivity contribution in [3.8, 4) is 0 Å². The summed E-state index contributed by atoms with van der Waals surface area (Å²) in [4.78, 5) is 0. The maximum Gasteiger partial charge on any atom is 0.242 e. The van der Waals surface area contributed by atoms with Gasteiger partial charge in [0, 0.05) is 13.1 Å². The summed E-state index contributed by atoms with van der Waals surface area (Å²) in [5.41, 5.74) is 0. The molecule has 0 saturated carbocycles. The highest BCUT2D eigenvalue weighted by Gasteiger charge is 2.13. The Morgan fingerprint density at radius 2 is 1.06 bits per heavy atom. The molecule has 0 amide bonds. The molecule has 6 heteroatoms. The second-order valence-electron chi connectivity index (χ2n) is 4.00. The van der Waals surface area contributed by atoms with Crippen LogP contribution in [0.4, 0.5) is 0 Å². The number of rotatable bonds is 13. The summed E-state index contributed by atoms with van der Waals surface area (Å²) in [5.74, 6) is 0. The van der Waals surface area contributed by atoms with Gasteiger partial charge in [0.25, 0.3) is 0 Å². The molecule has 0 unspecified atom stereocenters. The molecule has 0 aromatic rings. The van der Waals surface area contributed by atoms with Crippen LogP contribution in [-0.2, 0) is 0 Å². The summed E-state index contributed by atoms with van der Waals surface area (Å²) < 4.78 is 0. The molecule has 0 aliphatic carbocycles. The monoisotopic (exact) mass is 260 g/mol. The molecule has 2 radical (unpaired) electrons. The van der Waals surface area contributed by atoms with Gasteiger partial charge in [-0.2, -0.15) is 10.6 Å². The highest BCUT2D eigenvalue weighted by Crippen LogP contribution is 1.66. The van der Waals surface area contributed by atoms with Crippen LogP contribution in [0.1, 0.15) is 27.7 Å². The van der Waals surface area contributed by atoms with E-state index in [2.05, 4.69) is 59.6 Å². The lowest BCUT2D eigenvalue weighted by molar-refractivity contribution is -0.698. The molecular weight excluding hydrogens is 228 g/mol. The highest BCUT2D eigenvalue weighted by molar-refractivity contribution is 4.55. The van der Waals surface area contributed by atoms with Crippen molar-refractivity contribution in [3.63, 3.8) is 0 Å². The van der Waals surface area contributed by atoms with Crippen molar-refractivity contribution >= 4 is 0 Å². The van der Waals surface area contributed by atoms with Gasteiger partial charge in [0.15, 0.2) is 0 Å². The van der Waals surface area contributed by atoms with E-state index < -0.39 is 0 Å². The Hall–Kier alpha value is -0.240. The first kappa shape index (κ1) is 17.8. The van der Waals surface area contributed by atoms with Crippen molar-refractivity contribution in [2.45, 2.75) is 40.3 Å². The number of hydrogen-bond acceptors (Lipinski definition) is 6. The third-order valence-corrected chi connectivity index (χ3v) is 2.45. The topological polar surface area (TPSA) is 79.3 Å². The number of nitrogens with one attached hydrogen (secondary N) is 6. The minimum absolute atomic E-state index is 0.193. The van der Waals surface area contributed by atoms with Gasteiger partial charge in [-0.1, -0.05) is 13.8 Å². The largest absolute Gasteiger partial charge is 0.250 e. The molecule has 0 aliphatic rings. The zero-order chi connectivity index (χ0) is 13.6. The minimum Gasteiger partial charge on any atom is -0.250 e. The van der Waals surface area contributed by atoms with Gasteiger partial charge in [-0.05, 0) is 26.9 Å². The van der Waals surface area contributed by atoms with Crippen molar-refractivity contribution in [3.05, 3.63) is 0 Å².